The first-order valence-electron chi connectivity index (χ1n) is 6.32. The van der Waals surface area contributed by atoms with Crippen molar-refractivity contribution in [1.82, 2.24) is 9.55 Å². The third-order valence-electron chi connectivity index (χ3n) is 3.35. The first kappa shape index (κ1) is 10.7. The van der Waals surface area contributed by atoms with Crippen molar-refractivity contribution in [2.75, 3.05) is 0 Å². The van der Waals surface area contributed by atoms with E-state index < -0.39 is 0 Å². The lowest BCUT2D eigenvalue weighted by molar-refractivity contribution is 0.611. The van der Waals surface area contributed by atoms with Gasteiger partial charge in [-0.3, -0.25) is 0 Å². The maximum Gasteiger partial charge on any atom is 0.109 e. The van der Waals surface area contributed by atoms with E-state index in [-0.39, 0.29) is 0 Å². The highest BCUT2D eigenvalue weighted by molar-refractivity contribution is 5.21. The van der Waals surface area contributed by atoms with Gasteiger partial charge in [0.2, 0.25) is 0 Å². The summed E-state index contributed by atoms with van der Waals surface area (Å²) in [6, 6.07) is 0. The second-order valence-corrected chi connectivity index (χ2v) is 4.83. The first-order chi connectivity index (χ1) is 7.24. The molecule has 0 aliphatic carbocycles. The average molecular weight is 206 g/mol. The lowest BCUT2D eigenvalue weighted by Crippen LogP contribution is -2.05. The molecule has 0 radical (unpaired) electrons. The van der Waals surface area contributed by atoms with Crippen LogP contribution in [0.5, 0.6) is 0 Å². The van der Waals surface area contributed by atoms with Crippen molar-refractivity contribution in [2.45, 2.75) is 65.3 Å². The van der Waals surface area contributed by atoms with Gasteiger partial charge in [0, 0.05) is 18.7 Å². The van der Waals surface area contributed by atoms with Crippen LogP contribution in [0, 0.1) is 0 Å². The summed E-state index contributed by atoms with van der Waals surface area (Å²) >= 11 is 0. The zero-order valence-electron chi connectivity index (χ0n) is 10.2. The second kappa shape index (κ2) is 4.38. The number of fused-ring (bicyclic) bond motifs is 1. The zero-order chi connectivity index (χ0) is 10.8. The summed E-state index contributed by atoms with van der Waals surface area (Å²) in [7, 11) is 0. The number of hydrogen-bond acceptors (Lipinski definition) is 1. The van der Waals surface area contributed by atoms with Gasteiger partial charge in [0.1, 0.15) is 5.82 Å². The number of nitrogens with zero attached hydrogens (tertiary/aromatic N) is 2. The maximum absolute atomic E-state index is 4.84. The molecule has 15 heavy (non-hydrogen) atoms. The maximum atomic E-state index is 4.84. The van der Waals surface area contributed by atoms with Crippen molar-refractivity contribution in [2.24, 2.45) is 0 Å². The Kier molecular flexibility index (Phi) is 3.13. The molecule has 0 saturated carbocycles. The van der Waals surface area contributed by atoms with E-state index in [1.165, 1.54) is 49.4 Å². The summed E-state index contributed by atoms with van der Waals surface area (Å²) < 4.78 is 2.49. The Morgan fingerprint density at radius 2 is 2.07 bits per heavy atom. The summed E-state index contributed by atoms with van der Waals surface area (Å²) in [6.07, 6.45) is 6.31. The highest BCUT2D eigenvalue weighted by atomic mass is 15.1. The SMILES string of the molecule is CCc1c(C(C)C)nc2n1CCCCC2. The Morgan fingerprint density at radius 3 is 2.73 bits per heavy atom. The van der Waals surface area contributed by atoms with Crippen LogP contribution in [0.1, 0.15) is 63.2 Å². The van der Waals surface area contributed by atoms with Gasteiger partial charge in [-0.15, -0.1) is 0 Å². The number of hydrogen-bond donors (Lipinski definition) is 0. The van der Waals surface area contributed by atoms with Gasteiger partial charge in [0.25, 0.3) is 0 Å². The predicted molar refractivity (Wildman–Crippen MR) is 63.2 cm³/mol. The molecule has 2 nitrogen and oxygen atoms in total. The third kappa shape index (κ3) is 1.95. The molecule has 0 bridgehead atoms. The van der Waals surface area contributed by atoms with Crippen LogP contribution in [-0.2, 0) is 19.4 Å². The molecule has 0 amide bonds. The molecule has 2 heterocycles. The molecule has 1 aliphatic heterocycles. The van der Waals surface area contributed by atoms with Gasteiger partial charge in [0.05, 0.1) is 5.69 Å². The highest BCUT2D eigenvalue weighted by Gasteiger charge is 2.18. The van der Waals surface area contributed by atoms with Gasteiger partial charge in [-0.2, -0.15) is 0 Å². The van der Waals surface area contributed by atoms with Gasteiger partial charge >= 0.3 is 0 Å². The second-order valence-electron chi connectivity index (χ2n) is 4.83. The standard InChI is InChI=1S/C13H22N2/c1-4-11-13(10(2)3)14-12-8-6-5-7-9-15(11)12/h10H,4-9H2,1-3H3. The fraction of sp³-hybridized carbons (Fsp3) is 0.769. The topological polar surface area (TPSA) is 17.8 Å². The monoisotopic (exact) mass is 206 g/mol. The van der Waals surface area contributed by atoms with Crippen LogP contribution in [-0.4, -0.2) is 9.55 Å². The fourth-order valence-electron chi connectivity index (χ4n) is 2.58. The number of aryl methyl sites for hydroxylation is 1. The minimum absolute atomic E-state index is 0.569. The summed E-state index contributed by atoms with van der Waals surface area (Å²) in [5, 5.41) is 0. The van der Waals surface area contributed by atoms with E-state index in [4.69, 9.17) is 4.98 Å². The zero-order valence-corrected chi connectivity index (χ0v) is 10.2. The minimum Gasteiger partial charge on any atom is -0.332 e. The van der Waals surface area contributed by atoms with Gasteiger partial charge in [-0.25, -0.2) is 4.98 Å². The van der Waals surface area contributed by atoms with E-state index in [1.807, 2.05) is 0 Å². The van der Waals surface area contributed by atoms with Gasteiger partial charge in [-0.1, -0.05) is 27.2 Å². The molecule has 0 N–H and O–H groups in total. The lowest BCUT2D eigenvalue weighted by Gasteiger charge is -2.09. The molecule has 0 saturated heterocycles. The Labute approximate surface area is 92.7 Å². The molecule has 84 valence electrons. The number of imidazole rings is 1. The minimum atomic E-state index is 0.569. The molecule has 2 rings (SSSR count). The Bertz CT molecular complexity index is 337. The van der Waals surface area contributed by atoms with Crippen molar-refractivity contribution in [1.29, 1.82) is 0 Å². The Balaban J connectivity index is 2.43. The van der Waals surface area contributed by atoms with E-state index in [0.29, 0.717) is 5.92 Å². The molecular weight excluding hydrogens is 184 g/mol. The van der Waals surface area contributed by atoms with Crippen molar-refractivity contribution < 1.29 is 0 Å². The number of aromatic nitrogens is 2. The van der Waals surface area contributed by atoms with E-state index in [0.717, 1.165) is 6.42 Å². The van der Waals surface area contributed by atoms with Crippen molar-refractivity contribution in [3.05, 3.63) is 17.2 Å². The first-order valence-corrected chi connectivity index (χ1v) is 6.32. The molecule has 0 aromatic carbocycles. The summed E-state index contributed by atoms with van der Waals surface area (Å²) in [4.78, 5) is 4.84. The van der Waals surface area contributed by atoms with Crippen molar-refractivity contribution in [3.63, 3.8) is 0 Å². The summed E-state index contributed by atoms with van der Waals surface area (Å²) in [5.74, 6) is 1.91. The molecule has 1 aliphatic rings. The third-order valence-corrected chi connectivity index (χ3v) is 3.35. The van der Waals surface area contributed by atoms with E-state index >= 15 is 0 Å². The molecule has 0 unspecified atom stereocenters. The van der Waals surface area contributed by atoms with Crippen LogP contribution in [0.2, 0.25) is 0 Å². The lowest BCUT2D eigenvalue weighted by atomic mass is 10.1. The Hall–Kier alpha value is -0.790. The summed E-state index contributed by atoms with van der Waals surface area (Å²) in [6.45, 7) is 7.95. The molecule has 0 fully saturated rings. The molecule has 0 spiro atoms. The normalized spacial score (nSPS) is 16.5. The van der Waals surface area contributed by atoms with Gasteiger partial charge < -0.3 is 4.57 Å². The van der Waals surface area contributed by atoms with Crippen molar-refractivity contribution in [3.8, 4) is 0 Å². The smallest absolute Gasteiger partial charge is 0.109 e. The van der Waals surface area contributed by atoms with E-state index in [1.54, 1.807) is 0 Å². The Morgan fingerprint density at radius 1 is 1.27 bits per heavy atom. The van der Waals surface area contributed by atoms with Crippen LogP contribution in [0.25, 0.3) is 0 Å². The van der Waals surface area contributed by atoms with Crippen LogP contribution in [0.3, 0.4) is 0 Å². The van der Waals surface area contributed by atoms with Crippen LogP contribution in [0.15, 0.2) is 0 Å². The van der Waals surface area contributed by atoms with Crippen LogP contribution >= 0.6 is 0 Å². The predicted octanol–water partition coefficient (Wildman–Crippen LogP) is 3.30. The van der Waals surface area contributed by atoms with Crippen LogP contribution < -0.4 is 0 Å². The molecule has 0 atom stereocenters. The van der Waals surface area contributed by atoms with E-state index in [2.05, 4.69) is 25.3 Å². The fourth-order valence-corrected chi connectivity index (χ4v) is 2.58. The average Bonchev–Trinajstić information content (AvgIpc) is 2.40. The van der Waals surface area contributed by atoms with Gasteiger partial charge in [-0.05, 0) is 25.2 Å². The van der Waals surface area contributed by atoms with Crippen LogP contribution in [0.4, 0.5) is 0 Å². The molecule has 1 aromatic rings. The molecular formula is C13H22N2. The molecule has 1 aromatic heterocycles. The highest BCUT2D eigenvalue weighted by Crippen LogP contribution is 2.24. The van der Waals surface area contributed by atoms with Crippen molar-refractivity contribution >= 4 is 0 Å². The van der Waals surface area contributed by atoms with Gasteiger partial charge in [0.15, 0.2) is 0 Å². The quantitative estimate of drug-likeness (QED) is 0.726. The summed E-state index contributed by atoms with van der Waals surface area (Å²) in [5.41, 5.74) is 2.83. The number of rotatable bonds is 2. The largest absolute Gasteiger partial charge is 0.332 e. The van der Waals surface area contributed by atoms with E-state index in [9.17, 15) is 0 Å². The molecule has 2 heteroatoms.